The SMILES string of the molecule is CC1(C)c2cc(Br)ccc2-c2c1c1c(c3c2oc2ccccc23)-c2ccc(Br)cc2C1(C)C. The van der Waals surface area contributed by atoms with Crippen LogP contribution in [0.2, 0.25) is 0 Å². The van der Waals surface area contributed by atoms with Crippen LogP contribution in [-0.4, -0.2) is 0 Å². The molecule has 0 saturated carbocycles. The minimum absolute atomic E-state index is 0.123. The van der Waals surface area contributed by atoms with Crippen LogP contribution >= 0.6 is 31.9 Å². The van der Waals surface area contributed by atoms with Crippen molar-refractivity contribution in [2.45, 2.75) is 38.5 Å². The van der Waals surface area contributed by atoms with Crippen molar-refractivity contribution in [2.24, 2.45) is 0 Å². The smallest absolute Gasteiger partial charge is 0.144 e. The zero-order valence-corrected chi connectivity index (χ0v) is 22.1. The minimum atomic E-state index is -0.137. The lowest BCUT2D eigenvalue weighted by atomic mass is 9.72. The molecule has 2 aliphatic carbocycles. The number of fused-ring (bicyclic) bond motifs is 12. The molecule has 0 unspecified atom stereocenters. The van der Waals surface area contributed by atoms with Gasteiger partial charge >= 0.3 is 0 Å². The van der Waals surface area contributed by atoms with Gasteiger partial charge in [-0.1, -0.05) is 89.9 Å². The second kappa shape index (κ2) is 6.20. The summed E-state index contributed by atoms with van der Waals surface area (Å²) in [4.78, 5) is 0. The summed E-state index contributed by atoms with van der Waals surface area (Å²) in [6.07, 6.45) is 0. The fourth-order valence-corrected chi connectivity index (χ4v) is 7.23. The van der Waals surface area contributed by atoms with Crippen molar-refractivity contribution in [1.29, 1.82) is 0 Å². The summed E-state index contributed by atoms with van der Waals surface area (Å²) in [5, 5.41) is 2.45. The largest absolute Gasteiger partial charge is 0.455 e. The number of furan rings is 1. The van der Waals surface area contributed by atoms with Crippen molar-refractivity contribution >= 4 is 53.8 Å². The third-order valence-corrected chi connectivity index (χ3v) is 8.91. The topological polar surface area (TPSA) is 13.1 Å². The van der Waals surface area contributed by atoms with Crippen LogP contribution in [0, 0.1) is 0 Å². The van der Waals surface area contributed by atoms with E-state index < -0.39 is 0 Å². The number of halogens is 2. The molecule has 162 valence electrons. The first kappa shape index (κ1) is 20.1. The van der Waals surface area contributed by atoms with Gasteiger partial charge in [0.2, 0.25) is 0 Å². The standard InChI is InChI=1S/C30H22Br2O/c1-29(2)20-13-15(31)9-11-17(20)23-24-19-7-5-6-8-22(19)33-28(24)25-18-12-10-16(32)14-21(18)30(3,4)27(25)26(23)29/h5-14H,1-4H3. The summed E-state index contributed by atoms with van der Waals surface area (Å²) >= 11 is 7.46. The van der Waals surface area contributed by atoms with Gasteiger partial charge in [-0.15, -0.1) is 0 Å². The molecule has 0 aliphatic heterocycles. The highest BCUT2D eigenvalue weighted by Gasteiger charge is 2.48. The number of rotatable bonds is 0. The van der Waals surface area contributed by atoms with Gasteiger partial charge in [0.1, 0.15) is 11.2 Å². The van der Waals surface area contributed by atoms with Gasteiger partial charge in [0.15, 0.2) is 0 Å². The van der Waals surface area contributed by atoms with Gasteiger partial charge in [-0.2, -0.15) is 0 Å². The van der Waals surface area contributed by atoms with E-state index in [9.17, 15) is 0 Å². The Morgan fingerprint density at radius 1 is 0.667 bits per heavy atom. The molecule has 0 fully saturated rings. The Kier molecular flexibility index (Phi) is 3.76. The van der Waals surface area contributed by atoms with Gasteiger partial charge < -0.3 is 4.42 Å². The summed E-state index contributed by atoms with van der Waals surface area (Å²) in [6.45, 7) is 9.50. The summed E-state index contributed by atoms with van der Waals surface area (Å²) in [5.41, 5.74) is 12.5. The Morgan fingerprint density at radius 2 is 1.21 bits per heavy atom. The van der Waals surface area contributed by atoms with Gasteiger partial charge in [-0.05, 0) is 69.3 Å². The van der Waals surface area contributed by atoms with Crippen molar-refractivity contribution < 1.29 is 4.42 Å². The fraction of sp³-hybridized carbons (Fsp3) is 0.200. The molecule has 0 amide bonds. The van der Waals surface area contributed by atoms with Crippen LogP contribution in [0.1, 0.15) is 49.9 Å². The Balaban J connectivity index is 1.79. The predicted octanol–water partition coefficient (Wildman–Crippen LogP) is 9.72. The van der Waals surface area contributed by atoms with Gasteiger partial charge in [0.25, 0.3) is 0 Å². The highest BCUT2D eigenvalue weighted by Crippen LogP contribution is 2.63. The van der Waals surface area contributed by atoms with Crippen LogP contribution in [0.3, 0.4) is 0 Å². The second-order valence-corrected chi connectivity index (χ2v) is 12.3. The van der Waals surface area contributed by atoms with E-state index in [1.54, 1.807) is 0 Å². The zero-order chi connectivity index (χ0) is 22.9. The maximum Gasteiger partial charge on any atom is 0.144 e. The average molecular weight is 558 g/mol. The lowest BCUT2D eigenvalue weighted by molar-refractivity contribution is 0.599. The Labute approximate surface area is 210 Å². The van der Waals surface area contributed by atoms with Crippen molar-refractivity contribution in [3.05, 3.63) is 91.9 Å². The van der Waals surface area contributed by atoms with Crippen LogP contribution in [-0.2, 0) is 10.8 Å². The molecule has 7 rings (SSSR count). The van der Waals surface area contributed by atoms with Crippen molar-refractivity contribution in [1.82, 2.24) is 0 Å². The highest BCUT2D eigenvalue weighted by atomic mass is 79.9. The van der Waals surface area contributed by atoms with Crippen LogP contribution in [0.25, 0.3) is 44.2 Å². The highest BCUT2D eigenvalue weighted by molar-refractivity contribution is 9.10. The van der Waals surface area contributed by atoms with Crippen molar-refractivity contribution in [3.63, 3.8) is 0 Å². The lowest BCUT2D eigenvalue weighted by Gasteiger charge is -2.31. The second-order valence-electron chi connectivity index (χ2n) is 10.4. The predicted molar refractivity (Wildman–Crippen MR) is 144 cm³/mol. The summed E-state index contributed by atoms with van der Waals surface area (Å²) in [7, 11) is 0. The quantitative estimate of drug-likeness (QED) is 0.185. The molecule has 2 aliphatic rings. The summed E-state index contributed by atoms with van der Waals surface area (Å²) in [6, 6.07) is 22.0. The van der Waals surface area contributed by atoms with Crippen LogP contribution < -0.4 is 0 Å². The van der Waals surface area contributed by atoms with E-state index in [2.05, 4.69) is 120 Å². The molecule has 1 aromatic heterocycles. The molecule has 5 aromatic rings. The monoisotopic (exact) mass is 556 g/mol. The van der Waals surface area contributed by atoms with E-state index in [0.29, 0.717) is 0 Å². The molecule has 1 heterocycles. The van der Waals surface area contributed by atoms with Crippen molar-refractivity contribution in [3.8, 4) is 22.3 Å². The van der Waals surface area contributed by atoms with Gasteiger partial charge in [0.05, 0.1) is 0 Å². The van der Waals surface area contributed by atoms with Crippen LogP contribution in [0.5, 0.6) is 0 Å². The Morgan fingerprint density at radius 3 is 1.85 bits per heavy atom. The molecule has 1 nitrogen and oxygen atoms in total. The normalized spacial score (nSPS) is 16.7. The maximum atomic E-state index is 6.69. The molecule has 0 radical (unpaired) electrons. The molecule has 0 N–H and O–H groups in total. The molecule has 0 saturated heterocycles. The molecule has 0 spiro atoms. The first-order valence-corrected chi connectivity index (χ1v) is 12.9. The van der Waals surface area contributed by atoms with E-state index >= 15 is 0 Å². The van der Waals surface area contributed by atoms with Crippen molar-refractivity contribution in [2.75, 3.05) is 0 Å². The summed E-state index contributed by atoms with van der Waals surface area (Å²) < 4.78 is 8.93. The third kappa shape index (κ3) is 2.33. The third-order valence-electron chi connectivity index (χ3n) is 7.92. The Bertz CT molecular complexity index is 1680. The first-order chi connectivity index (χ1) is 15.7. The minimum Gasteiger partial charge on any atom is -0.455 e. The number of benzene rings is 4. The van der Waals surface area contributed by atoms with E-state index in [4.69, 9.17) is 4.42 Å². The van der Waals surface area contributed by atoms with Crippen LogP contribution in [0.15, 0.2) is 74.0 Å². The fourth-order valence-electron chi connectivity index (χ4n) is 6.51. The van der Waals surface area contributed by atoms with Gasteiger partial charge in [-0.3, -0.25) is 0 Å². The van der Waals surface area contributed by atoms with E-state index in [-0.39, 0.29) is 10.8 Å². The average Bonchev–Trinajstić information content (AvgIpc) is 3.34. The molecular weight excluding hydrogens is 536 g/mol. The van der Waals surface area contributed by atoms with E-state index in [1.165, 1.54) is 55.3 Å². The molecule has 4 aromatic carbocycles. The first-order valence-electron chi connectivity index (χ1n) is 11.3. The maximum absolute atomic E-state index is 6.69. The molecule has 0 bridgehead atoms. The molecular formula is C30H22Br2O. The zero-order valence-electron chi connectivity index (χ0n) is 18.9. The Hall–Kier alpha value is -2.36. The van der Waals surface area contributed by atoms with Gasteiger partial charge in [0, 0.05) is 36.1 Å². The van der Waals surface area contributed by atoms with E-state index in [1.807, 2.05) is 0 Å². The summed E-state index contributed by atoms with van der Waals surface area (Å²) in [5.74, 6) is 0. The number of hydrogen-bond donors (Lipinski definition) is 0. The number of para-hydroxylation sites is 1. The van der Waals surface area contributed by atoms with Gasteiger partial charge in [-0.25, -0.2) is 0 Å². The van der Waals surface area contributed by atoms with E-state index in [0.717, 1.165) is 20.1 Å². The molecule has 33 heavy (non-hydrogen) atoms. The molecule has 3 heteroatoms. The lowest BCUT2D eigenvalue weighted by Crippen LogP contribution is -2.24. The number of hydrogen-bond acceptors (Lipinski definition) is 1. The molecule has 0 atom stereocenters. The van der Waals surface area contributed by atoms with Crippen LogP contribution in [0.4, 0.5) is 0 Å².